The lowest BCUT2D eigenvalue weighted by Gasteiger charge is -1.88. The lowest BCUT2D eigenvalue weighted by atomic mass is 10.2. The quantitative estimate of drug-likeness (QED) is 0.656. The van der Waals surface area contributed by atoms with E-state index in [1.165, 1.54) is 0 Å². The predicted octanol–water partition coefficient (Wildman–Crippen LogP) is 3.33. The Hall–Kier alpha value is -0.830. The van der Waals surface area contributed by atoms with Gasteiger partial charge < -0.3 is 4.42 Å². The SMILES string of the molecule is Fc1coc2cc(Br)ccc12. The molecule has 0 aliphatic carbocycles. The van der Waals surface area contributed by atoms with Gasteiger partial charge in [0.1, 0.15) is 11.8 Å². The van der Waals surface area contributed by atoms with Crippen LogP contribution in [0.5, 0.6) is 0 Å². The van der Waals surface area contributed by atoms with Crippen LogP contribution in [0.2, 0.25) is 0 Å². The third kappa shape index (κ3) is 1.05. The summed E-state index contributed by atoms with van der Waals surface area (Å²) in [6.07, 6.45) is 1.11. The summed E-state index contributed by atoms with van der Waals surface area (Å²) in [4.78, 5) is 0. The fraction of sp³-hybridized carbons (Fsp3) is 0. The van der Waals surface area contributed by atoms with Crippen LogP contribution in [0.15, 0.2) is 33.4 Å². The predicted molar refractivity (Wildman–Crippen MR) is 43.9 cm³/mol. The Bertz CT molecular complexity index is 394. The summed E-state index contributed by atoms with van der Waals surface area (Å²) in [5.41, 5.74) is 0.567. The van der Waals surface area contributed by atoms with Crippen molar-refractivity contribution in [3.63, 3.8) is 0 Å². The van der Waals surface area contributed by atoms with Gasteiger partial charge in [0.05, 0.1) is 5.39 Å². The highest BCUT2D eigenvalue weighted by Gasteiger charge is 2.03. The summed E-state index contributed by atoms with van der Waals surface area (Å²) in [7, 11) is 0. The second-order valence-electron chi connectivity index (χ2n) is 2.22. The first-order valence-electron chi connectivity index (χ1n) is 3.09. The van der Waals surface area contributed by atoms with E-state index in [9.17, 15) is 4.39 Å². The molecule has 2 rings (SSSR count). The Morgan fingerprint density at radius 2 is 2.18 bits per heavy atom. The fourth-order valence-corrected chi connectivity index (χ4v) is 1.31. The number of rotatable bonds is 0. The zero-order chi connectivity index (χ0) is 7.84. The van der Waals surface area contributed by atoms with Gasteiger partial charge in [-0.2, -0.15) is 0 Å². The summed E-state index contributed by atoms with van der Waals surface area (Å²) in [5, 5.41) is 0.521. The molecule has 0 amide bonds. The normalized spacial score (nSPS) is 10.7. The van der Waals surface area contributed by atoms with E-state index in [0.29, 0.717) is 11.0 Å². The molecule has 0 unspecified atom stereocenters. The van der Waals surface area contributed by atoms with Gasteiger partial charge in [-0.1, -0.05) is 15.9 Å². The van der Waals surface area contributed by atoms with Crippen molar-refractivity contribution >= 4 is 26.9 Å². The maximum atomic E-state index is 12.8. The molecule has 0 fully saturated rings. The summed E-state index contributed by atoms with van der Waals surface area (Å²) in [5.74, 6) is -0.312. The highest BCUT2D eigenvalue weighted by molar-refractivity contribution is 9.10. The molecule has 0 saturated heterocycles. The molecule has 3 heteroatoms. The monoisotopic (exact) mass is 214 g/mol. The minimum Gasteiger partial charge on any atom is -0.461 e. The van der Waals surface area contributed by atoms with Gasteiger partial charge in [-0.05, 0) is 18.2 Å². The molecule has 56 valence electrons. The largest absolute Gasteiger partial charge is 0.461 e. The van der Waals surface area contributed by atoms with E-state index in [0.717, 1.165) is 10.7 Å². The molecule has 0 atom stereocenters. The third-order valence-electron chi connectivity index (χ3n) is 1.49. The number of furan rings is 1. The minimum absolute atomic E-state index is 0.312. The van der Waals surface area contributed by atoms with Crippen LogP contribution in [0.1, 0.15) is 0 Å². The number of hydrogen-bond acceptors (Lipinski definition) is 1. The zero-order valence-corrected chi connectivity index (χ0v) is 7.06. The van der Waals surface area contributed by atoms with Crippen LogP contribution in [0.3, 0.4) is 0 Å². The van der Waals surface area contributed by atoms with E-state index in [-0.39, 0.29) is 5.82 Å². The average Bonchev–Trinajstić information content (AvgIpc) is 2.32. The van der Waals surface area contributed by atoms with Gasteiger partial charge in [-0.25, -0.2) is 4.39 Å². The fourth-order valence-electron chi connectivity index (χ4n) is 0.970. The van der Waals surface area contributed by atoms with Crippen molar-refractivity contribution < 1.29 is 8.81 Å². The van der Waals surface area contributed by atoms with Gasteiger partial charge in [-0.15, -0.1) is 0 Å². The maximum Gasteiger partial charge on any atom is 0.169 e. The van der Waals surface area contributed by atoms with Gasteiger partial charge in [-0.3, -0.25) is 0 Å². The Kier molecular flexibility index (Phi) is 1.46. The van der Waals surface area contributed by atoms with Crippen LogP contribution >= 0.6 is 15.9 Å². The second kappa shape index (κ2) is 2.34. The van der Waals surface area contributed by atoms with Gasteiger partial charge in [0.2, 0.25) is 0 Å². The molecular formula is C8H4BrFO. The Labute approximate surface area is 70.9 Å². The standard InChI is InChI=1S/C8H4BrFO/c9-5-1-2-6-7(10)4-11-8(6)3-5/h1-4H. The molecule has 1 aromatic heterocycles. The summed E-state index contributed by atoms with van der Waals surface area (Å²) in [6, 6.07) is 5.19. The van der Waals surface area contributed by atoms with Crippen LogP contribution in [0.4, 0.5) is 4.39 Å². The van der Waals surface area contributed by atoms with Gasteiger partial charge in [0.15, 0.2) is 5.82 Å². The smallest absolute Gasteiger partial charge is 0.169 e. The summed E-state index contributed by atoms with van der Waals surface area (Å²) >= 11 is 3.26. The molecule has 11 heavy (non-hydrogen) atoms. The molecule has 1 nitrogen and oxygen atoms in total. The number of hydrogen-bond donors (Lipinski definition) is 0. The van der Waals surface area contributed by atoms with Crippen molar-refractivity contribution in [1.29, 1.82) is 0 Å². The lowest BCUT2D eigenvalue weighted by molar-refractivity contribution is 0.558. The van der Waals surface area contributed by atoms with Gasteiger partial charge in [0.25, 0.3) is 0 Å². The van der Waals surface area contributed by atoms with Crippen LogP contribution in [-0.4, -0.2) is 0 Å². The maximum absolute atomic E-state index is 12.8. The molecule has 0 bridgehead atoms. The average molecular weight is 215 g/mol. The van der Waals surface area contributed by atoms with Crippen molar-refractivity contribution in [3.8, 4) is 0 Å². The van der Waals surface area contributed by atoms with Crippen LogP contribution in [-0.2, 0) is 0 Å². The van der Waals surface area contributed by atoms with Crippen LogP contribution < -0.4 is 0 Å². The highest BCUT2D eigenvalue weighted by Crippen LogP contribution is 2.23. The molecule has 0 saturated carbocycles. The van der Waals surface area contributed by atoms with E-state index in [1.807, 2.05) is 0 Å². The lowest BCUT2D eigenvalue weighted by Crippen LogP contribution is -1.67. The number of halogens is 2. The van der Waals surface area contributed by atoms with Gasteiger partial charge in [0, 0.05) is 4.47 Å². The molecule has 0 radical (unpaired) electrons. The molecule has 0 N–H and O–H groups in total. The Morgan fingerprint density at radius 1 is 1.36 bits per heavy atom. The molecule has 2 aromatic rings. The van der Waals surface area contributed by atoms with Crippen molar-refractivity contribution in [2.45, 2.75) is 0 Å². The van der Waals surface area contributed by atoms with Crippen molar-refractivity contribution in [1.82, 2.24) is 0 Å². The first-order valence-corrected chi connectivity index (χ1v) is 3.89. The van der Waals surface area contributed by atoms with Gasteiger partial charge >= 0.3 is 0 Å². The van der Waals surface area contributed by atoms with Crippen molar-refractivity contribution in [2.75, 3.05) is 0 Å². The molecule has 1 aromatic carbocycles. The molecule has 0 aliphatic heterocycles. The van der Waals surface area contributed by atoms with E-state index >= 15 is 0 Å². The van der Waals surface area contributed by atoms with Crippen LogP contribution in [0, 0.1) is 5.82 Å². The van der Waals surface area contributed by atoms with Crippen molar-refractivity contribution in [2.24, 2.45) is 0 Å². The second-order valence-corrected chi connectivity index (χ2v) is 3.14. The first-order chi connectivity index (χ1) is 5.27. The summed E-state index contributed by atoms with van der Waals surface area (Å²) in [6.45, 7) is 0. The first kappa shape index (κ1) is 6.85. The Balaban J connectivity index is 2.86. The molecular weight excluding hydrogens is 211 g/mol. The number of benzene rings is 1. The summed E-state index contributed by atoms with van der Waals surface area (Å²) < 4.78 is 18.6. The highest BCUT2D eigenvalue weighted by atomic mass is 79.9. The topological polar surface area (TPSA) is 13.1 Å². The van der Waals surface area contributed by atoms with E-state index in [1.54, 1.807) is 18.2 Å². The molecule has 0 spiro atoms. The molecule has 0 aliphatic rings. The third-order valence-corrected chi connectivity index (χ3v) is 1.98. The molecule has 1 heterocycles. The zero-order valence-electron chi connectivity index (χ0n) is 5.47. The van der Waals surface area contributed by atoms with Crippen LogP contribution in [0.25, 0.3) is 11.0 Å². The van der Waals surface area contributed by atoms with E-state index in [4.69, 9.17) is 4.42 Å². The van der Waals surface area contributed by atoms with Crippen molar-refractivity contribution in [3.05, 3.63) is 34.8 Å². The van der Waals surface area contributed by atoms with E-state index < -0.39 is 0 Å². The Morgan fingerprint density at radius 3 is 3.00 bits per heavy atom. The number of fused-ring (bicyclic) bond motifs is 1. The minimum atomic E-state index is -0.312. The van der Waals surface area contributed by atoms with E-state index in [2.05, 4.69) is 15.9 Å².